The summed E-state index contributed by atoms with van der Waals surface area (Å²) < 4.78 is 5.23. The molecule has 0 saturated carbocycles. The molecule has 0 spiro atoms. The van der Waals surface area contributed by atoms with Crippen LogP contribution in [-0.4, -0.2) is 24.0 Å². The van der Waals surface area contributed by atoms with Gasteiger partial charge in [0.05, 0.1) is 0 Å². The number of esters is 1. The first-order valence-corrected chi connectivity index (χ1v) is 5.14. The Morgan fingerprint density at radius 3 is 2.33 bits per heavy atom. The highest BCUT2D eigenvalue weighted by molar-refractivity contribution is 6.00. The molecule has 0 bridgehead atoms. The van der Waals surface area contributed by atoms with Crippen LogP contribution in [0.25, 0.3) is 0 Å². The van der Waals surface area contributed by atoms with Crippen LogP contribution in [0.1, 0.15) is 34.6 Å². The van der Waals surface area contributed by atoms with E-state index in [1.54, 1.807) is 20.8 Å². The summed E-state index contributed by atoms with van der Waals surface area (Å²) in [5, 5.41) is 2.69. The topological polar surface area (TPSA) is 55.4 Å². The number of carbonyl (C=O) groups excluding carboxylic acids is 2. The minimum absolute atomic E-state index is 0.228. The van der Waals surface area contributed by atoms with Gasteiger partial charge >= 0.3 is 5.97 Å². The molecule has 0 aliphatic carbocycles. The Hall–Kier alpha value is -1.06. The van der Waals surface area contributed by atoms with Gasteiger partial charge in [0, 0.05) is 12.0 Å². The molecule has 1 rings (SSSR count). The lowest BCUT2D eigenvalue weighted by molar-refractivity contribution is -0.164. The summed E-state index contributed by atoms with van der Waals surface area (Å²) in [6.07, 6.45) is 0. The van der Waals surface area contributed by atoms with Gasteiger partial charge in [-0.3, -0.25) is 9.59 Å². The van der Waals surface area contributed by atoms with Crippen LogP contribution in [0, 0.1) is 11.3 Å². The van der Waals surface area contributed by atoms with Crippen molar-refractivity contribution in [3.05, 3.63) is 0 Å². The van der Waals surface area contributed by atoms with E-state index in [4.69, 9.17) is 4.74 Å². The van der Waals surface area contributed by atoms with Gasteiger partial charge in [-0.2, -0.15) is 0 Å². The molecule has 4 heteroatoms. The van der Waals surface area contributed by atoms with E-state index in [0.717, 1.165) is 0 Å². The van der Waals surface area contributed by atoms with Crippen LogP contribution in [0.3, 0.4) is 0 Å². The van der Waals surface area contributed by atoms with Crippen LogP contribution in [-0.2, 0) is 14.3 Å². The Labute approximate surface area is 90.4 Å². The minimum Gasteiger partial charge on any atom is -0.459 e. The van der Waals surface area contributed by atoms with E-state index < -0.39 is 17.5 Å². The van der Waals surface area contributed by atoms with Crippen LogP contribution in [0.2, 0.25) is 0 Å². The highest BCUT2D eigenvalue weighted by Crippen LogP contribution is 2.32. The van der Waals surface area contributed by atoms with Crippen LogP contribution in [0.15, 0.2) is 0 Å². The highest BCUT2D eigenvalue weighted by atomic mass is 16.6. The number of hydrogen-bond donors (Lipinski definition) is 1. The number of rotatable bonds is 1. The van der Waals surface area contributed by atoms with E-state index >= 15 is 0 Å². The van der Waals surface area contributed by atoms with Gasteiger partial charge < -0.3 is 10.1 Å². The van der Waals surface area contributed by atoms with E-state index in [2.05, 4.69) is 5.32 Å². The summed E-state index contributed by atoms with van der Waals surface area (Å²) in [5.74, 6) is -1.34. The minimum atomic E-state index is -0.684. The third-order valence-electron chi connectivity index (χ3n) is 2.40. The average molecular weight is 213 g/mol. The van der Waals surface area contributed by atoms with Crippen LogP contribution >= 0.6 is 0 Å². The molecule has 1 heterocycles. The van der Waals surface area contributed by atoms with Crippen molar-refractivity contribution in [1.82, 2.24) is 5.32 Å². The third-order valence-corrected chi connectivity index (χ3v) is 2.40. The Morgan fingerprint density at radius 2 is 2.00 bits per heavy atom. The molecule has 4 nitrogen and oxygen atoms in total. The fourth-order valence-electron chi connectivity index (χ4n) is 1.66. The number of nitrogens with one attached hydrogen (secondary N) is 1. The summed E-state index contributed by atoms with van der Waals surface area (Å²) in [6.45, 7) is 9.69. The van der Waals surface area contributed by atoms with Crippen molar-refractivity contribution in [1.29, 1.82) is 0 Å². The van der Waals surface area contributed by atoms with Gasteiger partial charge in [0.1, 0.15) is 11.5 Å². The lowest BCUT2D eigenvalue weighted by atomic mass is 9.81. The fraction of sp³-hybridized carbons (Fsp3) is 0.818. The molecule has 0 aromatic rings. The van der Waals surface area contributed by atoms with Gasteiger partial charge in [-0.05, 0) is 20.8 Å². The molecule has 1 atom stereocenters. The summed E-state index contributed by atoms with van der Waals surface area (Å²) >= 11 is 0. The van der Waals surface area contributed by atoms with Crippen molar-refractivity contribution in [3.63, 3.8) is 0 Å². The molecular formula is C11H19NO3. The number of ether oxygens (including phenoxy) is 1. The van der Waals surface area contributed by atoms with Gasteiger partial charge in [-0.15, -0.1) is 0 Å². The molecule has 0 aromatic carbocycles. The summed E-state index contributed by atoms with van der Waals surface area (Å²) in [6, 6.07) is 0. The predicted molar refractivity (Wildman–Crippen MR) is 56.1 cm³/mol. The molecule has 1 aliphatic heterocycles. The van der Waals surface area contributed by atoms with Crippen molar-refractivity contribution in [2.75, 3.05) is 6.54 Å². The summed E-state index contributed by atoms with van der Waals surface area (Å²) in [4.78, 5) is 23.3. The number of carbonyl (C=O) groups is 2. The van der Waals surface area contributed by atoms with Crippen LogP contribution in [0.5, 0.6) is 0 Å². The van der Waals surface area contributed by atoms with E-state index in [1.807, 2.05) is 13.8 Å². The van der Waals surface area contributed by atoms with E-state index in [-0.39, 0.29) is 11.3 Å². The second-order valence-electron chi connectivity index (χ2n) is 5.67. The van der Waals surface area contributed by atoms with E-state index in [1.165, 1.54) is 0 Å². The van der Waals surface area contributed by atoms with Crippen molar-refractivity contribution >= 4 is 11.9 Å². The van der Waals surface area contributed by atoms with Crippen LogP contribution < -0.4 is 5.32 Å². The van der Waals surface area contributed by atoms with Crippen molar-refractivity contribution in [3.8, 4) is 0 Å². The Bertz CT molecular complexity index is 289. The molecule has 86 valence electrons. The molecule has 15 heavy (non-hydrogen) atoms. The smallest absolute Gasteiger partial charge is 0.319 e. The Kier molecular flexibility index (Phi) is 2.81. The third kappa shape index (κ3) is 2.70. The molecule has 1 saturated heterocycles. The number of amides is 1. The first-order chi connectivity index (χ1) is 6.63. The van der Waals surface area contributed by atoms with Gasteiger partial charge in [0.2, 0.25) is 5.91 Å². The predicted octanol–water partition coefficient (Wildman–Crippen LogP) is 1.10. The first-order valence-electron chi connectivity index (χ1n) is 5.14. The molecule has 1 amide bonds. The largest absolute Gasteiger partial charge is 0.459 e. The highest BCUT2D eigenvalue weighted by Gasteiger charge is 2.47. The lowest BCUT2D eigenvalue weighted by Crippen LogP contribution is -2.37. The zero-order chi connectivity index (χ0) is 11.9. The normalized spacial score (nSPS) is 24.9. The standard InChI is InChI=1S/C11H19NO3/c1-10(2,3)15-9(14)7-8(13)12-6-11(7,4)5/h7H,6H2,1-5H3,(H,12,13). The molecule has 1 N–H and O–H groups in total. The second kappa shape index (κ2) is 3.51. The Morgan fingerprint density at radius 1 is 1.47 bits per heavy atom. The second-order valence-corrected chi connectivity index (χ2v) is 5.67. The molecule has 1 aliphatic rings. The monoisotopic (exact) mass is 213 g/mol. The quantitative estimate of drug-likeness (QED) is 0.524. The average Bonchev–Trinajstić information content (AvgIpc) is 2.21. The molecule has 1 unspecified atom stereocenters. The van der Waals surface area contributed by atoms with Gasteiger partial charge in [-0.25, -0.2) is 0 Å². The fourth-order valence-corrected chi connectivity index (χ4v) is 1.66. The molecule has 1 fully saturated rings. The maximum absolute atomic E-state index is 11.8. The maximum Gasteiger partial charge on any atom is 0.319 e. The number of hydrogen-bond acceptors (Lipinski definition) is 3. The summed E-state index contributed by atoms with van der Waals surface area (Å²) in [5.41, 5.74) is -0.907. The van der Waals surface area contributed by atoms with Gasteiger partial charge in [-0.1, -0.05) is 13.8 Å². The van der Waals surface area contributed by atoms with Crippen molar-refractivity contribution in [2.24, 2.45) is 11.3 Å². The van der Waals surface area contributed by atoms with Crippen molar-refractivity contribution in [2.45, 2.75) is 40.2 Å². The SMILES string of the molecule is CC(C)(C)OC(=O)C1C(=O)NCC1(C)C. The van der Waals surface area contributed by atoms with E-state index in [9.17, 15) is 9.59 Å². The van der Waals surface area contributed by atoms with E-state index in [0.29, 0.717) is 6.54 Å². The Balaban J connectivity index is 2.79. The van der Waals surface area contributed by atoms with Crippen LogP contribution in [0.4, 0.5) is 0 Å². The zero-order valence-corrected chi connectivity index (χ0v) is 10.0. The first kappa shape index (κ1) is 12.0. The lowest BCUT2D eigenvalue weighted by Gasteiger charge is -2.26. The zero-order valence-electron chi connectivity index (χ0n) is 10.0. The maximum atomic E-state index is 11.8. The summed E-state index contributed by atoms with van der Waals surface area (Å²) in [7, 11) is 0. The molecule has 0 aromatic heterocycles. The van der Waals surface area contributed by atoms with Crippen molar-refractivity contribution < 1.29 is 14.3 Å². The molecular weight excluding hydrogens is 194 g/mol. The molecule has 0 radical (unpaired) electrons. The van der Waals surface area contributed by atoms with Gasteiger partial charge in [0.25, 0.3) is 0 Å². The van der Waals surface area contributed by atoms with Gasteiger partial charge in [0.15, 0.2) is 0 Å².